The van der Waals surface area contributed by atoms with E-state index in [1.54, 1.807) is 85.3 Å². The standard InChI is InChI=1S/C25H19F4N3O2.C24H19F4N3O3S.C22H26FN3O2/c1-15(31(2)23(33)16-6-5-7-17(14-16)25(27,28)29)22-30-21-9-4-3-8-20(21)24(34)32(22)19-12-10-18(26)11-13-19;1-15(30(2)35(33,34)19-7-5-6-16(14-19)24(26,27)28)22-29-21-9-4-3-8-20(21)23(32)31(22)18-12-10-17(25)11-13-18;1-4-13-25(14-15-28-3)16(2)21-24-20-8-6-5-7-19(20)22(27)26(21)18-11-9-17(23)10-12-18/h3-15H,1-2H3;3-15H,1-2H3;5-12,16H,4,13-15H2,1-3H3. The van der Waals surface area contributed by atoms with Gasteiger partial charge in [0.25, 0.3) is 22.6 Å². The number of sulfonamides is 1. The summed E-state index contributed by atoms with van der Waals surface area (Å²) in [5, 5.41) is 1.13. The van der Waals surface area contributed by atoms with E-state index in [2.05, 4.69) is 21.8 Å². The zero-order valence-corrected chi connectivity index (χ0v) is 54.0. The van der Waals surface area contributed by atoms with Crippen LogP contribution < -0.4 is 16.7 Å². The number of hydrogen-bond donors (Lipinski definition) is 0. The van der Waals surface area contributed by atoms with E-state index in [4.69, 9.17) is 9.72 Å². The van der Waals surface area contributed by atoms with E-state index in [1.807, 2.05) is 25.1 Å². The molecule has 0 radical (unpaired) electrons. The van der Waals surface area contributed by atoms with Gasteiger partial charge in [0.15, 0.2) is 0 Å². The first-order valence-corrected chi connectivity index (χ1v) is 31.6. The molecule has 504 valence electrons. The molecule has 11 aromatic rings. The fourth-order valence-electron chi connectivity index (χ4n) is 10.7. The predicted molar refractivity (Wildman–Crippen MR) is 351 cm³/mol. The Balaban J connectivity index is 0.000000172. The van der Waals surface area contributed by atoms with E-state index < -0.39 is 79.1 Å². The van der Waals surface area contributed by atoms with E-state index in [0.29, 0.717) is 57.2 Å². The zero-order chi connectivity index (χ0) is 70.3. The minimum Gasteiger partial charge on any atom is -0.383 e. The second kappa shape index (κ2) is 29.9. The van der Waals surface area contributed by atoms with Crippen LogP contribution in [0, 0.1) is 17.5 Å². The van der Waals surface area contributed by atoms with Crippen LogP contribution in [0.4, 0.5) is 39.5 Å². The molecular weight excluding hydrogens is 1290 g/mol. The molecule has 3 heterocycles. The van der Waals surface area contributed by atoms with Crippen molar-refractivity contribution in [2.45, 2.75) is 69.5 Å². The van der Waals surface area contributed by atoms with Gasteiger partial charge in [0.1, 0.15) is 34.9 Å². The molecule has 11 rings (SSSR count). The SMILES string of the molecule is CC(c1nc2ccccc2c(=O)n1-c1ccc(F)cc1)N(C)C(=O)c1cccc(C(F)(F)F)c1.CC(c1nc2ccccc2c(=O)n1-c1ccc(F)cc1)N(C)S(=O)(=O)c1cccc(C(F)(F)F)c1.CCCN(CCOC)C(C)c1nc2ccccc2c(=O)n1-c1ccc(F)cc1. The number of aromatic nitrogens is 6. The number of benzene rings is 8. The molecule has 0 aliphatic rings. The summed E-state index contributed by atoms with van der Waals surface area (Å²) >= 11 is 0. The first kappa shape index (κ1) is 71.2. The van der Waals surface area contributed by atoms with Crippen molar-refractivity contribution < 1.29 is 57.5 Å². The van der Waals surface area contributed by atoms with Crippen LogP contribution >= 0.6 is 0 Å². The van der Waals surface area contributed by atoms with Crippen molar-refractivity contribution in [1.29, 1.82) is 0 Å². The lowest BCUT2D eigenvalue weighted by atomic mass is 10.1. The van der Waals surface area contributed by atoms with Gasteiger partial charge >= 0.3 is 12.4 Å². The largest absolute Gasteiger partial charge is 0.416 e. The summed E-state index contributed by atoms with van der Waals surface area (Å²) in [6, 6.07) is 42.1. The molecule has 0 bridgehead atoms. The van der Waals surface area contributed by atoms with Gasteiger partial charge in [-0.1, -0.05) is 55.5 Å². The molecule has 16 nitrogen and oxygen atoms in total. The van der Waals surface area contributed by atoms with E-state index >= 15 is 0 Å². The Morgan fingerprint density at radius 3 is 1.26 bits per heavy atom. The predicted octanol–water partition coefficient (Wildman–Crippen LogP) is 14.2. The zero-order valence-electron chi connectivity index (χ0n) is 53.2. The summed E-state index contributed by atoms with van der Waals surface area (Å²) in [4.78, 5) is 69.9. The molecular formula is C71H64F9N9O7S. The lowest BCUT2D eigenvalue weighted by Gasteiger charge is -2.30. The van der Waals surface area contributed by atoms with Crippen molar-refractivity contribution in [2.75, 3.05) is 40.9 Å². The van der Waals surface area contributed by atoms with E-state index in [9.17, 15) is 67.1 Å². The van der Waals surface area contributed by atoms with E-state index in [0.717, 1.165) is 72.3 Å². The highest BCUT2D eigenvalue weighted by Crippen LogP contribution is 2.35. The molecule has 0 fully saturated rings. The molecule has 0 saturated carbocycles. The number of hydrogen-bond acceptors (Lipinski definition) is 11. The lowest BCUT2D eigenvalue weighted by molar-refractivity contribution is -0.138. The number of carbonyl (C=O) groups is 1. The number of nitrogens with zero attached hydrogens (tertiary/aromatic N) is 9. The van der Waals surface area contributed by atoms with Crippen LogP contribution in [0.3, 0.4) is 0 Å². The summed E-state index contributed by atoms with van der Waals surface area (Å²) in [5.74, 6) is -1.21. The van der Waals surface area contributed by atoms with Gasteiger partial charge in [-0.25, -0.2) is 36.5 Å². The summed E-state index contributed by atoms with van der Waals surface area (Å²) in [7, 11) is -0.134. The monoisotopic (exact) mass is 1360 g/mol. The van der Waals surface area contributed by atoms with Crippen LogP contribution in [0.15, 0.2) is 213 Å². The Morgan fingerprint density at radius 1 is 0.495 bits per heavy atom. The van der Waals surface area contributed by atoms with Crippen LogP contribution in [0.2, 0.25) is 0 Å². The fraction of sp³-hybridized carbons (Fsp3) is 0.225. The second-order valence-electron chi connectivity index (χ2n) is 22.4. The Kier molecular flexibility index (Phi) is 21.9. The van der Waals surface area contributed by atoms with Crippen LogP contribution in [0.1, 0.15) is 91.2 Å². The topological polar surface area (TPSA) is 175 Å². The minimum atomic E-state index is -4.72. The van der Waals surface area contributed by atoms with Crippen molar-refractivity contribution in [2.24, 2.45) is 0 Å². The van der Waals surface area contributed by atoms with Gasteiger partial charge in [0.05, 0.1) is 90.5 Å². The van der Waals surface area contributed by atoms with Gasteiger partial charge in [-0.3, -0.25) is 37.8 Å². The molecule has 0 aliphatic carbocycles. The first-order valence-electron chi connectivity index (χ1n) is 30.2. The van der Waals surface area contributed by atoms with Gasteiger partial charge in [-0.05, 0) is 179 Å². The van der Waals surface area contributed by atoms with Crippen molar-refractivity contribution in [3.63, 3.8) is 0 Å². The Bertz CT molecular complexity index is 4960. The highest BCUT2D eigenvalue weighted by Gasteiger charge is 2.36. The van der Waals surface area contributed by atoms with Crippen molar-refractivity contribution in [3.05, 3.63) is 277 Å². The van der Waals surface area contributed by atoms with E-state index in [-0.39, 0.29) is 45.7 Å². The second-order valence-corrected chi connectivity index (χ2v) is 24.4. The van der Waals surface area contributed by atoms with E-state index in [1.165, 1.54) is 89.7 Å². The summed E-state index contributed by atoms with van der Waals surface area (Å²) in [6.45, 7) is 9.42. The normalized spacial score (nSPS) is 12.8. The Morgan fingerprint density at radius 2 is 0.866 bits per heavy atom. The van der Waals surface area contributed by atoms with Crippen LogP contribution in [-0.2, 0) is 27.1 Å². The maximum atomic E-state index is 13.5. The molecule has 97 heavy (non-hydrogen) atoms. The maximum absolute atomic E-state index is 13.5. The summed E-state index contributed by atoms with van der Waals surface area (Å²) in [6.07, 6.45) is -8.34. The minimum absolute atomic E-state index is 0.0124. The molecule has 8 aromatic carbocycles. The number of para-hydroxylation sites is 3. The highest BCUT2D eigenvalue weighted by molar-refractivity contribution is 7.89. The molecule has 3 atom stereocenters. The molecule has 0 aliphatic heterocycles. The molecule has 26 heteroatoms. The number of alkyl halides is 6. The number of fused-ring (bicyclic) bond motifs is 3. The lowest BCUT2D eigenvalue weighted by Crippen LogP contribution is -2.35. The molecule has 3 unspecified atom stereocenters. The molecule has 0 spiro atoms. The number of amides is 1. The van der Waals surface area contributed by atoms with Gasteiger partial charge < -0.3 is 9.64 Å². The van der Waals surface area contributed by atoms with Crippen molar-refractivity contribution in [3.8, 4) is 17.1 Å². The Hall–Kier alpha value is -10.2. The third kappa shape index (κ3) is 15.7. The molecule has 0 saturated heterocycles. The van der Waals surface area contributed by atoms with Crippen molar-refractivity contribution >= 4 is 48.6 Å². The van der Waals surface area contributed by atoms with Gasteiger partial charge in [-0.15, -0.1) is 0 Å². The summed E-state index contributed by atoms with van der Waals surface area (Å²) in [5.41, 5.74) is -0.706. The van der Waals surface area contributed by atoms with Crippen LogP contribution in [-0.4, -0.2) is 98.0 Å². The third-order valence-electron chi connectivity index (χ3n) is 16.1. The highest BCUT2D eigenvalue weighted by atomic mass is 32.2. The van der Waals surface area contributed by atoms with Crippen LogP contribution in [0.25, 0.3) is 49.8 Å². The smallest absolute Gasteiger partial charge is 0.383 e. The number of carbonyl (C=O) groups excluding carboxylic acids is 1. The van der Waals surface area contributed by atoms with Crippen molar-refractivity contribution in [1.82, 2.24) is 42.8 Å². The molecule has 0 N–H and O–H groups in total. The number of halogens is 9. The average molecular weight is 1360 g/mol. The quantitative estimate of drug-likeness (QED) is 0.0793. The third-order valence-corrected chi connectivity index (χ3v) is 18.1. The maximum Gasteiger partial charge on any atom is 0.416 e. The van der Waals surface area contributed by atoms with Crippen LogP contribution in [0.5, 0.6) is 0 Å². The Labute approximate surface area is 550 Å². The van der Waals surface area contributed by atoms with Gasteiger partial charge in [0.2, 0.25) is 10.0 Å². The number of rotatable bonds is 17. The first-order chi connectivity index (χ1) is 46.0. The summed E-state index contributed by atoms with van der Waals surface area (Å²) < 4.78 is 156. The number of ether oxygens (including phenoxy) is 1. The van der Waals surface area contributed by atoms with Gasteiger partial charge in [-0.2, -0.15) is 30.6 Å². The molecule has 3 aromatic heterocycles. The van der Waals surface area contributed by atoms with Gasteiger partial charge in [0, 0.05) is 33.3 Å². The average Bonchev–Trinajstić information content (AvgIpc) is 0.774. The number of methoxy groups -OCH3 is 1. The molecule has 1 amide bonds. The fourth-order valence-corrected chi connectivity index (χ4v) is 12.1.